The van der Waals surface area contributed by atoms with Crippen molar-refractivity contribution >= 4 is 28.1 Å². The Hall–Kier alpha value is -3.07. The number of aromatic nitrogens is 1. The van der Waals surface area contributed by atoms with Gasteiger partial charge in [0.15, 0.2) is 10.7 Å². The highest BCUT2D eigenvalue weighted by atomic mass is 32.4. The van der Waals surface area contributed by atoms with Gasteiger partial charge < -0.3 is 11.1 Å². The van der Waals surface area contributed by atoms with E-state index in [4.69, 9.17) is 5.73 Å². The molecule has 9 heteroatoms. The van der Waals surface area contributed by atoms with E-state index in [0.29, 0.717) is 34.8 Å². The van der Waals surface area contributed by atoms with E-state index < -0.39 is 21.5 Å². The van der Waals surface area contributed by atoms with E-state index >= 15 is 0 Å². The summed E-state index contributed by atoms with van der Waals surface area (Å²) in [5.41, 5.74) is 7.30. The molecule has 0 aliphatic carbocycles. The maximum absolute atomic E-state index is 12.8. The van der Waals surface area contributed by atoms with Gasteiger partial charge in [0.05, 0.1) is 4.90 Å². The van der Waals surface area contributed by atoms with E-state index in [1.807, 2.05) is 0 Å². The number of thiol groups is 1. The molecule has 0 fully saturated rings. The highest BCUT2D eigenvalue weighted by Gasteiger charge is 2.39. The zero-order valence-electron chi connectivity index (χ0n) is 13.7. The van der Waals surface area contributed by atoms with Crippen molar-refractivity contribution in [3.05, 3.63) is 72.4 Å². The van der Waals surface area contributed by atoms with Gasteiger partial charge >= 0.3 is 0 Å². The lowest BCUT2D eigenvalue weighted by Crippen LogP contribution is -2.10. The summed E-state index contributed by atoms with van der Waals surface area (Å²) < 4.78 is 51.2. The Balaban J connectivity index is 1.90. The number of nitrogens with one attached hydrogen (secondary N) is 1. The van der Waals surface area contributed by atoms with Crippen LogP contribution in [0, 0.1) is 0 Å². The molecule has 4 nitrogen and oxygen atoms in total. The number of benzene rings is 2. The summed E-state index contributed by atoms with van der Waals surface area (Å²) in [6, 6.07) is 13.7. The number of hydrogen-bond donors (Lipinski definition) is 3. The lowest BCUT2D eigenvalue weighted by atomic mass is 10.0. The first-order valence-electron chi connectivity index (χ1n) is 7.72. The molecule has 0 radical (unpaired) electrons. The van der Waals surface area contributed by atoms with E-state index in [1.165, 1.54) is 6.20 Å². The van der Waals surface area contributed by atoms with Crippen molar-refractivity contribution in [2.45, 2.75) is 4.90 Å². The van der Waals surface area contributed by atoms with Crippen LogP contribution in [-0.2, 0) is 0 Å². The van der Waals surface area contributed by atoms with E-state index in [2.05, 4.69) is 10.3 Å². The van der Waals surface area contributed by atoms with Crippen molar-refractivity contribution in [3.63, 3.8) is 0 Å². The van der Waals surface area contributed by atoms with Gasteiger partial charge in [-0.05, 0) is 54.1 Å². The van der Waals surface area contributed by atoms with Crippen LogP contribution in [0.15, 0.2) is 71.8 Å². The quantitative estimate of drug-likeness (QED) is 0.390. The maximum Gasteiger partial charge on any atom is 0.248 e. The molecule has 3 aromatic rings. The Morgan fingerprint density at radius 1 is 0.926 bits per heavy atom. The molecule has 2 aromatic carbocycles. The third-order valence-corrected chi connectivity index (χ3v) is 4.89. The fourth-order valence-corrected chi connectivity index (χ4v) is 3.06. The number of anilines is 2. The molecular formula is C18H15F4N3OS. The first kappa shape index (κ1) is 18.7. The van der Waals surface area contributed by atoms with Crippen molar-refractivity contribution in [3.8, 4) is 11.1 Å². The second-order valence-electron chi connectivity index (χ2n) is 5.73. The van der Waals surface area contributed by atoms with Crippen LogP contribution in [0.4, 0.5) is 27.0 Å². The van der Waals surface area contributed by atoms with Gasteiger partial charge in [-0.1, -0.05) is 12.1 Å². The van der Waals surface area contributed by atoms with Gasteiger partial charge in [-0.2, -0.15) is 0 Å². The van der Waals surface area contributed by atoms with Gasteiger partial charge in [-0.25, -0.2) is 4.98 Å². The smallest absolute Gasteiger partial charge is 0.248 e. The summed E-state index contributed by atoms with van der Waals surface area (Å²) >= 11 is 0. The Kier molecular flexibility index (Phi) is 4.56. The van der Waals surface area contributed by atoms with E-state index in [0.717, 1.165) is 17.7 Å². The molecular weight excluding hydrogens is 382 g/mol. The number of amides is 1. The van der Waals surface area contributed by atoms with Gasteiger partial charge in [0.1, 0.15) is 5.82 Å². The Bertz CT molecular complexity index is 977. The van der Waals surface area contributed by atoms with Crippen molar-refractivity contribution in [1.29, 1.82) is 0 Å². The van der Waals surface area contributed by atoms with Crippen LogP contribution in [0.25, 0.3) is 11.1 Å². The van der Waals surface area contributed by atoms with Crippen LogP contribution in [0.3, 0.4) is 0 Å². The van der Waals surface area contributed by atoms with Gasteiger partial charge in [-0.15, -0.1) is 15.5 Å². The molecule has 0 aliphatic rings. The van der Waals surface area contributed by atoms with Crippen molar-refractivity contribution < 1.29 is 20.3 Å². The molecule has 0 saturated heterocycles. The Labute approximate surface area is 153 Å². The van der Waals surface area contributed by atoms with Crippen molar-refractivity contribution in [1.82, 2.24) is 4.98 Å². The minimum absolute atomic E-state index is 0.327. The molecule has 0 bridgehead atoms. The molecule has 142 valence electrons. The average molecular weight is 397 g/mol. The first-order chi connectivity index (χ1) is 12.6. The standard InChI is InChI=1S/C18H15F4N3OS/c19-27(20,21,22)15-9-7-14(8-10-15)25-18-16(2-1-11-24-18)12-3-5-13(6-4-12)17(23)26/h1-11,27H,(H2,23,26)(H,24,25). The number of carbonyl (C=O) groups is 1. The molecule has 1 aromatic heterocycles. The molecule has 3 N–H and O–H groups in total. The lowest BCUT2D eigenvalue weighted by molar-refractivity contribution is 0.100. The fourth-order valence-electron chi connectivity index (χ4n) is 2.46. The fraction of sp³-hybridized carbons (Fsp3) is 0. The van der Waals surface area contributed by atoms with E-state index in [9.17, 15) is 20.3 Å². The summed E-state index contributed by atoms with van der Waals surface area (Å²) in [4.78, 5) is 14.1. The van der Waals surface area contributed by atoms with Crippen LogP contribution in [-0.4, -0.2) is 10.9 Å². The average Bonchev–Trinajstić information content (AvgIpc) is 2.61. The number of hydrogen-bond acceptors (Lipinski definition) is 3. The Morgan fingerprint density at radius 2 is 1.56 bits per heavy atom. The molecule has 0 aliphatic heterocycles. The number of pyridine rings is 1. The number of rotatable bonds is 5. The van der Waals surface area contributed by atoms with Crippen LogP contribution in [0.2, 0.25) is 0 Å². The molecule has 0 spiro atoms. The Morgan fingerprint density at radius 3 is 2.11 bits per heavy atom. The van der Waals surface area contributed by atoms with Crippen LogP contribution < -0.4 is 11.1 Å². The SMILES string of the molecule is NC(=O)c1ccc(-c2cccnc2Nc2ccc([SH](F)(F)(F)F)cc2)cc1. The lowest BCUT2D eigenvalue weighted by Gasteiger charge is -2.29. The highest BCUT2D eigenvalue weighted by molar-refractivity contribution is 8.33. The topological polar surface area (TPSA) is 68.0 Å². The summed E-state index contributed by atoms with van der Waals surface area (Å²) in [6.07, 6.45) is 1.52. The number of nitrogens with two attached hydrogens (primary N) is 1. The molecule has 3 rings (SSSR count). The van der Waals surface area contributed by atoms with Crippen LogP contribution in [0.5, 0.6) is 0 Å². The minimum Gasteiger partial charge on any atom is -0.366 e. The predicted molar refractivity (Wildman–Crippen MR) is 99.6 cm³/mol. The minimum atomic E-state index is -7.78. The van der Waals surface area contributed by atoms with Crippen LogP contribution >= 0.6 is 10.7 Å². The third kappa shape index (κ3) is 4.37. The summed E-state index contributed by atoms with van der Waals surface area (Å²) in [5, 5.41) is 2.92. The van der Waals surface area contributed by atoms with Gasteiger partial charge in [0.25, 0.3) is 0 Å². The van der Waals surface area contributed by atoms with E-state index in [-0.39, 0.29) is 0 Å². The second kappa shape index (κ2) is 6.58. The molecule has 0 atom stereocenters. The normalized spacial score (nSPS) is 12.8. The second-order valence-corrected chi connectivity index (χ2v) is 7.69. The predicted octanol–water partition coefficient (Wildman–Crippen LogP) is 5.56. The number of primary amides is 1. The molecule has 1 amide bonds. The highest BCUT2D eigenvalue weighted by Crippen LogP contribution is 2.81. The zero-order valence-corrected chi connectivity index (χ0v) is 14.6. The number of halogens is 4. The summed E-state index contributed by atoms with van der Waals surface area (Å²) in [5.74, 6) is -0.152. The van der Waals surface area contributed by atoms with Gasteiger partial charge in [0, 0.05) is 23.0 Å². The largest absolute Gasteiger partial charge is 0.366 e. The molecule has 27 heavy (non-hydrogen) atoms. The van der Waals surface area contributed by atoms with E-state index in [1.54, 1.807) is 36.4 Å². The van der Waals surface area contributed by atoms with Gasteiger partial charge in [0.2, 0.25) is 5.91 Å². The van der Waals surface area contributed by atoms with Crippen molar-refractivity contribution in [2.24, 2.45) is 5.73 Å². The van der Waals surface area contributed by atoms with Gasteiger partial charge in [-0.3, -0.25) is 4.79 Å². The molecule has 0 saturated carbocycles. The first-order valence-corrected chi connectivity index (χ1v) is 9.52. The molecule has 0 unspecified atom stereocenters. The van der Waals surface area contributed by atoms with Crippen LogP contribution in [0.1, 0.15) is 10.4 Å². The number of nitrogens with zero attached hydrogens (tertiary/aromatic N) is 1. The maximum atomic E-state index is 12.8. The molecule has 1 heterocycles. The third-order valence-electron chi connectivity index (χ3n) is 3.81. The summed E-state index contributed by atoms with van der Waals surface area (Å²) in [7, 11) is -7.78. The zero-order chi connectivity index (χ0) is 19.7. The number of carbonyl (C=O) groups excluding carboxylic acids is 1. The monoisotopic (exact) mass is 397 g/mol. The summed E-state index contributed by atoms with van der Waals surface area (Å²) in [6.45, 7) is 0. The van der Waals surface area contributed by atoms with Crippen molar-refractivity contribution in [2.75, 3.05) is 5.32 Å².